The van der Waals surface area contributed by atoms with Crippen LogP contribution >= 0.6 is 0 Å². The first-order valence-electron chi connectivity index (χ1n) is 9.55. The molecule has 1 heterocycles. The van der Waals surface area contributed by atoms with Gasteiger partial charge in [0.25, 0.3) is 0 Å². The minimum absolute atomic E-state index is 0.115. The molecule has 3 rings (SSSR count). The highest BCUT2D eigenvalue weighted by Gasteiger charge is 2.19. The highest BCUT2D eigenvalue weighted by atomic mass is 19.1. The van der Waals surface area contributed by atoms with E-state index in [1.54, 1.807) is 36.5 Å². The van der Waals surface area contributed by atoms with Gasteiger partial charge in [-0.2, -0.15) is 0 Å². The molecule has 2 aromatic carbocycles. The maximum atomic E-state index is 14.5. The van der Waals surface area contributed by atoms with Crippen molar-refractivity contribution in [1.82, 2.24) is 4.98 Å². The predicted molar refractivity (Wildman–Crippen MR) is 120 cm³/mol. The van der Waals surface area contributed by atoms with Crippen molar-refractivity contribution in [2.45, 2.75) is 6.54 Å². The van der Waals surface area contributed by atoms with Crippen LogP contribution < -0.4 is 25.4 Å². The topological polar surface area (TPSA) is 84.5 Å². The van der Waals surface area contributed by atoms with Gasteiger partial charge >= 0.3 is 0 Å². The van der Waals surface area contributed by atoms with Crippen LogP contribution in [0.5, 0.6) is 11.5 Å². The number of anilines is 4. The van der Waals surface area contributed by atoms with E-state index in [1.165, 1.54) is 20.3 Å². The second kappa shape index (κ2) is 10.3. The Labute approximate surface area is 184 Å². The van der Waals surface area contributed by atoms with Gasteiger partial charge in [-0.05, 0) is 29.8 Å². The number of hydrogen-bond donors (Lipinski definition) is 3. The Morgan fingerprint density at radius 1 is 1.06 bits per heavy atom. The summed E-state index contributed by atoms with van der Waals surface area (Å²) in [6.07, 6.45) is 2.74. The Bertz CT molecular complexity index is 1090. The number of nitrogens with one attached hydrogen (secondary N) is 3. The van der Waals surface area contributed by atoms with Crippen LogP contribution in [0.15, 0.2) is 61.3 Å². The lowest BCUT2D eigenvalue weighted by molar-refractivity contribution is -0.111. The van der Waals surface area contributed by atoms with E-state index in [-0.39, 0.29) is 29.6 Å². The summed E-state index contributed by atoms with van der Waals surface area (Å²) in [5.41, 5.74) is 1.55. The molecule has 0 unspecified atom stereocenters. The number of benzene rings is 2. The molecule has 0 fully saturated rings. The number of carbonyl (C=O) groups excluding carboxylic acids is 1. The third-order valence-corrected chi connectivity index (χ3v) is 4.50. The zero-order chi connectivity index (χ0) is 23.1. The lowest BCUT2D eigenvalue weighted by atomic mass is 10.2. The quantitative estimate of drug-likeness (QED) is 0.412. The maximum Gasteiger partial charge on any atom is 0.247 e. The van der Waals surface area contributed by atoms with Gasteiger partial charge in [0.05, 0.1) is 25.6 Å². The van der Waals surface area contributed by atoms with Gasteiger partial charge in [0, 0.05) is 18.8 Å². The molecule has 1 amide bonds. The molecule has 7 nitrogen and oxygen atoms in total. The van der Waals surface area contributed by atoms with Crippen molar-refractivity contribution in [3.8, 4) is 11.5 Å². The average Bonchev–Trinajstić information content (AvgIpc) is 2.81. The molecule has 0 bridgehead atoms. The van der Waals surface area contributed by atoms with Crippen LogP contribution in [0, 0.1) is 11.6 Å². The summed E-state index contributed by atoms with van der Waals surface area (Å²) in [5.74, 6) is -1.78. The molecule has 0 saturated carbocycles. The average molecular weight is 440 g/mol. The summed E-state index contributed by atoms with van der Waals surface area (Å²) in [5, 5.41) is 8.55. The van der Waals surface area contributed by atoms with E-state index < -0.39 is 11.6 Å². The molecular weight excluding hydrogens is 418 g/mol. The predicted octanol–water partition coefficient (Wildman–Crippen LogP) is 4.86. The molecule has 0 aliphatic carbocycles. The van der Waals surface area contributed by atoms with Gasteiger partial charge in [-0.1, -0.05) is 24.8 Å². The number of amides is 1. The smallest absolute Gasteiger partial charge is 0.247 e. The Kier molecular flexibility index (Phi) is 7.22. The lowest BCUT2D eigenvalue weighted by Crippen LogP contribution is -2.09. The van der Waals surface area contributed by atoms with E-state index in [9.17, 15) is 13.6 Å². The summed E-state index contributed by atoms with van der Waals surface area (Å²) in [6.45, 7) is 3.55. The molecule has 3 N–H and O–H groups in total. The largest absolute Gasteiger partial charge is 0.493 e. The second-order valence-electron chi connectivity index (χ2n) is 6.55. The molecule has 0 aliphatic heterocycles. The number of nitrogens with zero attached hydrogens (tertiary/aromatic N) is 1. The fourth-order valence-corrected chi connectivity index (χ4v) is 2.86. The van der Waals surface area contributed by atoms with Gasteiger partial charge in [-0.25, -0.2) is 13.8 Å². The first-order valence-corrected chi connectivity index (χ1v) is 9.55. The normalized spacial score (nSPS) is 10.2. The second-order valence-corrected chi connectivity index (χ2v) is 6.55. The van der Waals surface area contributed by atoms with Gasteiger partial charge in [0.1, 0.15) is 11.5 Å². The molecule has 166 valence electrons. The minimum atomic E-state index is -0.852. The van der Waals surface area contributed by atoms with Crippen molar-refractivity contribution < 1.29 is 23.0 Å². The van der Waals surface area contributed by atoms with Gasteiger partial charge in [0.2, 0.25) is 5.91 Å². The van der Waals surface area contributed by atoms with Crippen molar-refractivity contribution >= 4 is 28.8 Å². The van der Waals surface area contributed by atoms with E-state index >= 15 is 0 Å². The Morgan fingerprint density at radius 2 is 1.72 bits per heavy atom. The van der Waals surface area contributed by atoms with E-state index in [0.717, 1.165) is 6.07 Å². The van der Waals surface area contributed by atoms with Crippen LogP contribution in [0.25, 0.3) is 0 Å². The van der Waals surface area contributed by atoms with Crippen LogP contribution in [0.4, 0.5) is 31.7 Å². The molecular formula is C23H22F2N4O3. The van der Waals surface area contributed by atoms with Crippen LogP contribution in [0.2, 0.25) is 0 Å². The van der Waals surface area contributed by atoms with Crippen molar-refractivity contribution in [2.24, 2.45) is 0 Å². The van der Waals surface area contributed by atoms with Gasteiger partial charge in [-0.15, -0.1) is 0 Å². The number of para-hydroxylation sites is 2. The molecule has 1 aromatic heterocycles. The van der Waals surface area contributed by atoms with Crippen molar-refractivity contribution in [1.29, 1.82) is 0 Å². The number of rotatable bonds is 9. The highest BCUT2D eigenvalue weighted by Crippen LogP contribution is 2.35. The van der Waals surface area contributed by atoms with E-state index in [4.69, 9.17) is 9.47 Å². The number of carbonyl (C=O) groups is 1. The third-order valence-electron chi connectivity index (χ3n) is 4.50. The first-order chi connectivity index (χ1) is 15.5. The summed E-state index contributed by atoms with van der Waals surface area (Å²) < 4.78 is 38.8. The number of halogens is 2. The summed E-state index contributed by atoms with van der Waals surface area (Å²) in [4.78, 5) is 15.9. The molecule has 32 heavy (non-hydrogen) atoms. The Balaban J connectivity index is 1.72. The number of hydrogen-bond acceptors (Lipinski definition) is 6. The fraction of sp³-hybridized carbons (Fsp3) is 0.130. The van der Waals surface area contributed by atoms with Gasteiger partial charge < -0.3 is 25.4 Å². The number of pyridine rings is 1. The van der Waals surface area contributed by atoms with Crippen LogP contribution in [0.1, 0.15) is 5.56 Å². The summed E-state index contributed by atoms with van der Waals surface area (Å²) in [7, 11) is 2.58. The van der Waals surface area contributed by atoms with E-state index in [1.807, 2.05) is 6.07 Å². The monoisotopic (exact) mass is 440 g/mol. The van der Waals surface area contributed by atoms with Crippen molar-refractivity contribution in [3.63, 3.8) is 0 Å². The number of methoxy groups -OCH3 is 2. The Morgan fingerprint density at radius 3 is 2.28 bits per heavy atom. The third kappa shape index (κ3) is 5.12. The molecule has 3 aromatic rings. The molecule has 9 heteroatoms. The van der Waals surface area contributed by atoms with E-state index in [0.29, 0.717) is 22.8 Å². The number of aromatic nitrogens is 1. The molecule has 0 atom stereocenters. The molecule has 0 spiro atoms. The number of ether oxygens (including phenoxy) is 2. The molecule has 0 aliphatic rings. The van der Waals surface area contributed by atoms with Gasteiger partial charge in [0.15, 0.2) is 23.1 Å². The fourth-order valence-electron chi connectivity index (χ4n) is 2.86. The van der Waals surface area contributed by atoms with Crippen molar-refractivity contribution in [3.05, 3.63) is 78.5 Å². The summed E-state index contributed by atoms with van der Waals surface area (Å²) in [6, 6.07) is 11.7. The standard InChI is InChI=1S/C23H22F2N4O3/c1-4-20(30)29-16-8-6-5-7-15(16)28-19-10-9-14(12-26-19)13-27-23-21(24)17(31-2)11-18(32-3)22(23)25/h4-12,27H,1,13H2,2-3H3,(H,26,28)(H,29,30). The molecule has 0 radical (unpaired) electrons. The zero-order valence-electron chi connectivity index (χ0n) is 17.5. The van der Waals surface area contributed by atoms with Crippen molar-refractivity contribution in [2.75, 3.05) is 30.2 Å². The van der Waals surface area contributed by atoms with Crippen LogP contribution in [-0.4, -0.2) is 25.1 Å². The SMILES string of the molecule is C=CC(=O)Nc1ccccc1Nc1ccc(CNc2c(F)c(OC)cc(OC)c2F)cn1. The minimum Gasteiger partial charge on any atom is -0.493 e. The Hall–Kier alpha value is -4.14. The lowest BCUT2D eigenvalue weighted by Gasteiger charge is -2.14. The summed E-state index contributed by atoms with van der Waals surface area (Å²) >= 11 is 0. The first kappa shape index (κ1) is 22.5. The van der Waals surface area contributed by atoms with E-state index in [2.05, 4.69) is 27.5 Å². The maximum absolute atomic E-state index is 14.5. The van der Waals surface area contributed by atoms with Crippen LogP contribution in [0.3, 0.4) is 0 Å². The highest BCUT2D eigenvalue weighted by molar-refractivity contribution is 6.01. The van der Waals surface area contributed by atoms with Gasteiger partial charge in [-0.3, -0.25) is 4.79 Å². The van der Waals surface area contributed by atoms with Crippen LogP contribution in [-0.2, 0) is 11.3 Å². The molecule has 0 saturated heterocycles. The zero-order valence-corrected chi connectivity index (χ0v) is 17.5.